The molecule has 1 N–H and O–H groups in total. The zero-order valence-electron chi connectivity index (χ0n) is 10.6. The van der Waals surface area contributed by atoms with Gasteiger partial charge in [0, 0.05) is 16.3 Å². The van der Waals surface area contributed by atoms with E-state index in [9.17, 15) is 9.59 Å². The van der Waals surface area contributed by atoms with Crippen molar-refractivity contribution in [3.05, 3.63) is 41.7 Å². The summed E-state index contributed by atoms with van der Waals surface area (Å²) < 4.78 is 0. The fraction of sp³-hybridized carbons (Fsp3) is 0.0714. The predicted octanol–water partition coefficient (Wildman–Crippen LogP) is 3.62. The SMILES string of the molecule is Cc1cc(-c2ccc(NC(=O)S)cc2S)cc(C=O)n1. The fourth-order valence-electron chi connectivity index (χ4n) is 1.89. The molecule has 0 bridgehead atoms. The van der Waals surface area contributed by atoms with Crippen LogP contribution in [0.1, 0.15) is 16.2 Å². The predicted molar refractivity (Wildman–Crippen MR) is 85.1 cm³/mol. The lowest BCUT2D eigenvalue weighted by atomic mass is 10.0. The molecule has 0 saturated carbocycles. The van der Waals surface area contributed by atoms with Crippen molar-refractivity contribution in [2.24, 2.45) is 0 Å². The van der Waals surface area contributed by atoms with E-state index in [2.05, 4.69) is 35.6 Å². The lowest BCUT2D eigenvalue weighted by Crippen LogP contribution is -2.01. The van der Waals surface area contributed by atoms with E-state index in [0.717, 1.165) is 16.8 Å². The molecule has 0 unspecified atom stereocenters. The monoisotopic (exact) mass is 304 g/mol. The van der Waals surface area contributed by atoms with Gasteiger partial charge >= 0.3 is 0 Å². The second kappa shape index (κ2) is 6.11. The summed E-state index contributed by atoms with van der Waals surface area (Å²) in [5.41, 5.74) is 3.46. The van der Waals surface area contributed by atoms with Gasteiger partial charge in [0.15, 0.2) is 6.29 Å². The Morgan fingerprint density at radius 3 is 2.65 bits per heavy atom. The number of aldehydes is 1. The van der Waals surface area contributed by atoms with Gasteiger partial charge in [0.25, 0.3) is 5.24 Å². The molecule has 0 aliphatic rings. The molecule has 102 valence electrons. The summed E-state index contributed by atoms with van der Waals surface area (Å²) in [6, 6.07) is 8.87. The van der Waals surface area contributed by atoms with Gasteiger partial charge in [0.2, 0.25) is 0 Å². The third-order valence-corrected chi connectivity index (χ3v) is 3.14. The van der Waals surface area contributed by atoms with Crippen molar-refractivity contribution in [3.8, 4) is 11.1 Å². The van der Waals surface area contributed by atoms with Crippen molar-refractivity contribution < 1.29 is 9.59 Å². The Labute approximate surface area is 127 Å². The summed E-state index contributed by atoms with van der Waals surface area (Å²) >= 11 is 8.07. The van der Waals surface area contributed by atoms with Crippen molar-refractivity contribution in [1.82, 2.24) is 4.98 Å². The maximum Gasteiger partial charge on any atom is 0.280 e. The van der Waals surface area contributed by atoms with Crippen LogP contribution in [0.3, 0.4) is 0 Å². The van der Waals surface area contributed by atoms with Crippen LogP contribution < -0.4 is 5.32 Å². The van der Waals surface area contributed by atoms with Gasteiger partial charge in [-0.25, -0.2) is 0 Å². The van der Waals surface area contributed by atoms with E-state index in [4.69, 9.17) is 0 Å². The van der Waals surface area contributed by atoms with Gasteiger partial charge in [-0.2, -0.15) is 0 Å². The molecule has 1 amide bonds. The number of thiol groups is 2. The zero-order valence-corrected chi connectivity index (χ0v) is 12.4. The first kappa shape index (κ1) is 14.6. The summed E-state index contributed by atoms with van der Waals surface area (Å²) in [5.74, 6) is 0. The summed E-state index contributed by atoms with van der Waals surface area (Å²) in [6.07, 6.45) is 0.712. The van der Waals surface area contributed by atoms with Crippen LogP contribution in [0.2, 0.25) is 0 Å². The van der Waals surface area contributed by atoms with E-state index in [1.165, 1.54) is 0 Å². The number of anilines is 1. The third kappa shape index (κ3) is 3.40. The number of carbonyl (C=O) groups excluding carboxylic acids is 2. The van der Waals surface area contributed by atoms with Crippen molar-refractivity contribution in [2.75, 3.05) is 5.32 Å². The number of amides is 1. The summed E-state index contributed by atoms with van der Waals surface area (Å²) in [7, 11) is 0. The van der Waals surface area contributed by atoms with E-state index in [-0.39, 0.29) is 0 Å². The smallest absolute Gasteiger partial charge is 0.280 e. The number of hydrogen-bond donors (Lipinski definition) is 3. The molecule has 0 atom stereocenters. The molecule has 2 aromatic rings. The van der Waals surface area contributed by atoms with E-state index in [1.807, 2.05) is 19.1 Å². The standard InChI is InChI=1S/C14H12N2O2S2/c1-8-4-9(5-11(7-17)15-8)12-3-2-10(6-13(12)19)16-14(18)20/h2-7,19H,1H3,(H2,16,18,20). The van der Waals surface area contributed by atoms with Gasteiger partial charge in [-0.05, 0) is 42.3 Å². The lowest BCUT2D eigenvalue weighted by molar-refractivity contribution is 0.111. The maximum absolute atomic E-state index is 10.9. The van der Waals surface area contributed by atoms with Crippen LogP contribution in [-0.4, -0.2) is 16.5 Å². The zero-order chi connectivity index (χ0) is 14.7. The van der Waals surface area contributed by atoms with Crippen LogP contribution in [0, 0.1) is 6.92 Å². The number of rotatable bonds is 3. The molecule has 0 spiro atoms. The molecule has 1 aromatic carbocycles. The number of nitrogens with zero attached hydrogens (tertiary/aromatic N) is 1. The number of aryl methyl sites for hydroxylation is 1. The van der Waals surface area contributed by atoms with Crippen molar-refractivity contribution in [3.63, 3.8) is 0 Å². The molecular formula is C14H12N2O2S2. The van der Waals surface area contributed by atoms with E-state index in [0.29, 0.717) is 22.6 Å². The van der Waals surface area contributed by atoms with Crippen LogP contribution in [0.4, 0.5) is 10.5 Å². The molecule has 2 rings (SSSR count). The molecule has 0 aliphatic heterocycles. The van der Waals surface area contributed by atoms with Crippen LogP contribution in [-0.2, 0) is 0 Å². The Hall–Kier alpha value is -1.79. The number of hydrogen-bond acceptors (Lipinski definition) is 4. The Kier molecular flexibility index (Phi) is 4.46. The fourth-order valence-corrected chi connectivity index (χ4v) is 2.36. The molecule has 0 radical (unpaired) electrons. The number of aromatic nitrogens is 1. The molecule has 6 heteroatoms. The van der Waals surface area contributed by atoms with Gasteiger partial charge in [-0.15, -0.1) is 12.6 Å². The summed E-state index contributed by atoms with van der Waals surface area (Å²) in [4.78, 5) is 26.5. The van der Waals surface area contributed by atoms with Gasteiger partial charge in [-0.3, -0.25) is 14.6 Å². The average Bonchev–Trinajstić information content (AvgIpc) is 2.37. The van der Waals surface area contributed by atoms with Gasteiger partial charge < -0.3 is 5.32 Å². The minimum Gasteiger partial charge on any atom is -0.317 e. The van der Waals surface area contributed by atoms with Crippen LogP contribution >= 0.6 is 25.3 Å². The Bertz CT molecular complexity index is 687. The average molecular weight is 304 g/mol. The Morgan fingerprint density at radius 2 is 2.05 bits per heavy atom. The largest absolute Gasteiger partial charge is 0.317 e. The molecule has 4 nitrogen and oxygen atoms in total. The van der Waals surface area contributed by atoms with Gasteiger partial charge in [-0.1, -0.05) is 18.7 Å². The lowest BCUT2D eigenvalue weighted by Gasteiger charge is -2.09. The molecule has 1 heterocycles. The highest BCUT2D eigenvalue weighted by Gasteiger charge is 2.07. The van der Waals surface area contributed by atoms with Gasteiger partial charge in [0.1, 0.15) is 5.69 Å². The molecule has 0 fully saturated rings. The van der Waals surface area contributed by atoms with Gasteiger partial charge in [0.05, 0.1) is 0 Å². The van der Waals surface area contributed by atoms with E-state index < -0.39 is 5.24 Å². The Balaban J connectivity index is 2.45. The maximum atomic E-state index is 10.9. The van der Waals surface area contributed by atoms with Crippen LogP contribution in [0.15, 0.2) is 35.2 Å². The highest BCUT2D eigenvalue weighted by atomic mass is 32.1. The number of nitrogens with one attached hydrogen (secondary N) is 1. The minimum atomic E-state index is -0.437. The quantitative estimate of drug-likeness (QED) is 0.599. The topological polar surface area (TPSA) is 59.1 Å². The Morgan fingerprint density at radius 1 is 1.30 bits per heavy atom. The number of pyridine rings is 1. The second-order valence-electron chi connectivity index (χ2n) is 4.20. The first-order chi connectivity index (χ1) is 9.49. The molecule has 0 saturated heterocycles. The molecular weight excluding hydrogens is 292 g/mol. The first-order valence-electron chi connectivity index (χ1n) is 5.77. The second-order valence-corrected chi connectivity index (χ2v) is 5.09. The normalized spacial score (nSPS) is 10.2. The van der Waals surface area contributed by atoms with E-state index in [1.54, 1.807) is 18.2 Å². The molecule has 0 aliphatic carbocycles. The minimum absolute atomic E-state index is 0.375. The molecule has 20 heavy (non-hydrogen) atoms. The van der Waals surface area contributed by atoms with Crippen molar-refractivity contribution >= 4 is 42.5 Å². The number of benzene rings is 1. The third-order valence-electron chi connectivity index (χ3n) is 2.65. The van der Waals surface area contributed by atoms with Crippen LogP contribution in [0.5, 0.6) is 0 Å². The number of carbonyl (C=O) groups is 2. The summed E-state index contributed by atoms with van der Waals surface area (Å²) in [6.45, 7) is 1.82. The van der Waals surface area contributed by atoms with Crippen LogP contribution in [0.25, 0.3) is 11.1 Å². The summed E-state index contributed by atoms with van der Waals surface area (Å²) in [5, 5.41) is 2.13. The highest BCUT2D eigenvalue weighted by molar-refractivity contribution is 7.96. The first-order valence-corrected chi connectivity index (χ1v) is 6.66. The van der Waals surface area contributed by atoms with Crippen molar-refractivity contribution in [1.29, 1.82) is 0 Å². The highest BCUT2D eigenvalue weighted by Crippen LogP contribution is 2.29. The van der Waals surface area contributed by atoms with E-state index >= 15 is 0 Å². The van der Waals surface area contributed by atoms with Crippen molar-refractivity contribution in [2.45, 2.75) is 11.8 Å². The molecule has 1 aromatic heterocycles.